The van der Waals surface area contributed by atoms with Gasteiger partial charge in [-0.1, -0.05) is 5.16 Å². The zero-order valence-electron chi connectivity index (χ0n) is 15.5. The highest BCUT2D eigenvalue weighted by Crippen LogP contribution is 2.32. The van der Waals surface area contributed by atoms with Gasteiger partial charge in [0, 0.05) is 24.0 Å². The molecule has 7 nitrogen and oxygen atoms in total. The van der Waals surface area contributed by atoms with E-state index in [4.69, 9.17) is 4.52 Å². The van der Waals surface area contributed by atoms with Crippen molar-refractivity contribution in [2.24, 2.45) is 0 Å². The molecular weight excluding hydrogens is 387 g/mol. The van der Waals surface area contributed by atoms with Crippen LogP contribution < -0.4 is 5.32 Å². The Morgan fingerprint density at radius 1 is 1.28 bits per heavy atom. The maximum atomic E-state index is 12.9. The number of pyridine rings is 1. The van der Waals surface area contributed by atoms with E-state index >= 15 is 0 Å². The van der Waals surface area contributed by atoms with Crippen molar-refractivity contribution in [3.63, 3.8) is 0 Å². The Bertz CT molecular complexity index is 1020. The number of aromatic nitrogens is 4. The molecule has 3 heterocycles. The quantitative estimate of drug-likeness (QED) is 0.689. The molecule has 1 aliphatic rings. The molecule has 0 unspecified atom stereocenters. The molecule has 0 spiro atoms. The first-order valence-corrected chi connectivity index (χ1v) is 9.17. The number of hydrogen-bond acceptors (Lipinski definition) is 5. The van der Waals surface area contributed by atoms with E-state index in [9.17, 15) is 18.0 Å². The molecular formula is C19H18F3N5O2. The molecule has 0 radical (unpaired) electrons. The van der Waals surface area contributed by atoms with Crippen LogP contribution >= 0.6 is 0 Å². The van der Waals surface area contributed by atoms with Gasteiger partial charge < -0.3 is 9.84 Å². The maximum Gasteiger partial charge on any atom is 0.433 e. The van der Waals surface area contributed by atoms with Crippen LogP contribution in [0.1, 0.15) is 60.2 Å². The standard InChI is InChI=1S/C19H18F3N5O2/c1-11(25-18(28)15-6-8-24-27(15)13-3-2-4-13)16-10-14(26-29-16)12-5-7-23-17(9-12)19(20,21)22/h5-11,13H,2-4H2,1H3,(H,25,28)/t11-/m0/s1. The third-order valence-electron chi connectivity index (χ3n) is 4.97. The van der Waals surface area contributed by atoms with Crippen LogP contribution in [0.15, 0.2) is 41.2 Å². The van der Waals surface area contributed by atoms with E-state index < -0.39 is 17.9 Å². The van der Waals surface area contributed by atoms with Crippen LogP contribution in [0.25, 0.3) is 11.3 Å². The molecule has 0 aliphatic heterocycles. The Morgan fingerprint density at radius 3 is 2.76 bits per heavy atom. The molecule has 3 aromatic heterocycles. The summed E-state index contributed by atoms with van der Waals surface area (Å²) in [6.45, 7) is 1.71. The van der Waals surface area contributed by atoms with Gasteiger partial charge in [0.1, 0.15) is 17.1 Å². The Morgan fingerprint density at radius 2 is 2.07 bits per heavy atom. The minimum Gasteiger partial charge on any atom is -0.359 e. The molecule has 1 amide bonds. The summed E-state index contributed by atoms with van der Waals surface area (Å²) in [6.07, 6.45) is 1.22. The fourth-order valence-corrected chi connectivity index (χ4v) is 3.13. The molecule has 0 aromatic carbocycles. The first-order valence-electron chi connectivity index (χ1n) is 9.17. The molecule has 0 bridgehead atoms. The Kier molecular flexibility index (Phi) is 4.85. The second kappa shape index (κ2) is 7.34. The summed E-state index contributed by atoms with van der Waals surface area (Å²) >= 11 is 0. The number of nitrogens with one attached hydrogen (secondary N) is 1. The monoisotopic (exact) mass is 405 g/mol. The van der Waals surface area contributed by atoms with Crippen molar-refractivity contribution in [1.29, 1.82) is 0 Å². The SMILES string of the molecule is C[C@H](NC(=O)c1ccnn1C1CCC1)c1cc(-c2ccnc(C(F)(F)F)c2)no1. The lowest BCUT2D eigenvalue weighted by Crippen LogP contribution is -2.31. The molecule has 1 fully saturated rings. The van der Waals surface area contributed by atoms with Gasteiger partial charge in [0.25, 0.3) is 5.91 Å². The van der Waals surface area contributed by atoms with E-state index in [2.05, 4.69) is 20.6 Å². The lowest BCUT2D eigenvalue weighted by Gasteiger charge is -2.27. The number of rotatable bonds is 5. The first kappa shape index (κ1) is 19.2. The third kappa shape index (κ3) is 3.87. The van der Waals surface area contributed by atoms with Crippen molar-refractivity contribution in [2.75, 3.05) is 0 Å². The van der Waals surface area contributed by atoms with Gasteiger partial charge in [-0.05, 0) is 44.4 Å². The van der Waals surface area contributed by atoms with E-state index in [1.165, 1.54) is 12.1 Å². The molecule has 0 saturated heterocycles. The summed E-state index contributed by atoms with van der Waals surface area (Å²) in [7, 11) is 0. The molecule has 1 saturated carbocycles. The fraction of sp³-hybridized carbons (Fsp3) is 0.368. The summed E-state index contributed by atoms with van der Waals surface area (Å²) in [6, 6.07) is 5.19. The van der Waals surface area contributed by atoms with Gasteiger partial charge in [-0.15, -0.1) is 0 Å². The van der Waals surface area contributed by atoms with Crippen LogP contribution in [0.4, 0.5) is 13.2 Å². The summed E-state index contributed by atoms with van der Waals surface area (Å²) < 4.78 is 45.5. The molecule has 29 heavy (non-hydrogen) atoms. The summed E-state index contributed by atoms with van der Waals surface area (Å²) in [5.74, 6) is 0.0246. The number of alkyl halides is 3. The van der Waals surface area contributed by atoms with Crippen molar-refractivity contribution in [3.05, 3.63) is 53.8 Å². The highest BCUT2D eigenvalue weighted by atomic mass is 19.4. The van der Waals surface area contributed by atoms with Crippen molar-refractivity contribution < 1.29 is 22.5 Å². The normalized spacial score (nSPS) is 15.7. The summed E-state index contributed by atoms with van der Waals surface area (Å²) in [5, 5.41) is 10.9. The minimum atomic E-state index is -4.55. The molecule has 4 rings (SSSR count). The topological polar surface area (TPSA) is 85.8 Å². The second-order valence-corrected chi connectivity index (χ2v) is 6.98. The van der Waals surface area contributed by atoms with Gasteiger partial charge in [-0.3, -0.25) is 14.5 Å². The predicted molar refractivity (Wildman–Crippen MR) is 95.7 cm³/mol. The highest BCUT2D eigenvalue weighted by molar-refractivity contribution is 5.92. The van der Waals surface area contributed by atoms with E-state index in [0.717, 1.165) is 31.5 Å². The van der Waals surface area contributed by atoms with Gasteiger partial charge in [0.05, 0.1) is 12.1 Å². The largest absolute Gasteiger partial charge is 0.433 e. The summed E-state index contributed by atoms with van der Waals surface area (Å²) in [5.41, 5.74) is -0.0900. The van der Waals surface area contributed by atoms with Crippen LogP contribution in [0.3, 0.4) is 0 Å². The molecule has 10 heteroatoms. The molecule has 1 atom stereocenters. The first-order chi connectivity index (χ1) is 13.8. The second-order valence-electron chi connectivity index (χ2n) is 6.98. The number of amides is 1. The van der Waals surface area contributed by atoms with Gasteiger partial charge >= 0.3 is 6.18 Å². The lowest BCUT2D eigenvalue weighted by molar-refractivity contribution is -0.141. The Labute approximate surface area is 163 Å². The van der Waals surface area contributed by atoms with Crippen molar-refractivity contribution in [1.82, 2.24) is 25.2 Å². The molecule has 3 aromatic rings. The predicted octanol–water partition coefficient (Wildman–Crippen LogP) is 4.17. The number of halogens is 3. The third-order valence-corrected chi connectivity index (χ3v) is 4.97. The number of nitrogens with zero attached hydrogens (tertiary/aromatic N) is 4. The number of carbonyl (C=O) groups excluding carboxylic acids is 1. The average molecular weight is 405 g/mol. The van der Waals surface area contributed by atoms with E-state index in [1.54, 1.807) is 23.9 Å². The van der Waals surface area contributed by atoms with Crippen molar-refractivity contribution in [2.45, 2.75) is 44.4 Å². The van der Waals surface area contributed by atoms with Crippen LogP contribution in [0.5, 0.6) is 0 Å². The Balaban J connectivity index is 1.48. The minimum absolute atomic E-state index is 0.226. The molecule has 1 N–H and O–H groups in total. The van der Waals surface area contributed by atoms with Gasteiger partial charge in [-0.2, -0.15) is 18.3 Å². The van der Waals surface area contributed by atoms with E-state index in [1.807, 2.05) is 0 Å². The van der Waals surface area contributed by atoms with Crippen LogP contribution in [-0.2, 0) is 6.18 Å². The van der Waals surface area contributed by atoms with Crippen molar-refractivity contribution >= 4 is 5.91 Å². The van der Waals surface area contributed by atoms with Gasteiger partial charge in [0.2, 0.25) is 0 Å². The van der Waals surface area contributed by atoms with Gasteiger partial charge in [-0.25, -0.2) is 0 Å². The lowest BCUT2D eigenvalue weighted by atomic mass is 9.93. The van der Waals surface area contributed by atoms with E-state index in [-0.39, 0.29) is 23.2 Å². The zero-order valence-corrected chi connectivity index (χ0v) is 15.5. The maximum absolute atomic E-state index is 12.9. The number of carbonyl (C=O) groups is 1. The van der Waals surface area contributed by atoms with Gasteiger partial charge in [0.15, 0.2) is 5.76 Å². The fourth-order valence-electron chi connectivity index (χ4n) is 3.13. The van der Waals surface area contributed by atoms with E-state index in [0.29, 0.717) is 11.5 Å². The van der Waals surface area contributed by atoms with Crippen LogP contribution in [0.2, 0.25) is 0 Å². The number of hydrogen-bond donors (Lipinski definition) is 1. The molecule has 1 aliphatic carbocycles. The highest BCUT2D eigenvalue weighted by Gasteiger charge is 2.33. The summed E-state index contributed by atoms with van der Waals surface area (Å²) in [4.78, 5) is 16.0. The smallest absolute Gasteiger partial charge is 0.359 e. The zero-order chi connectivity index (χ0) is 20.6. The Hall–Kier alpha value is -3.17. The van der Waals surface area contributed by atoms with Crippen molar-refractivity contribution in [3.8, 4) is 11.3 Å². The van der Waals surface area contributed by atoms with Crippen LogP contribution in [0, 0.1) is 0 Å². The van der Waals surface area contributed by atoms with Crippen LogP contribution in [-0.4, -0.2) is 25.8 Å². The average Bonchev–Trinajstić information content (AvgIpc) is 3.29. The molecule has 152 valence electrons.